The van der Waals surface area contributed by atoms with Gasteiger partial charge in [0.15, 0.2) is 0 Å². The fraction of sp³-hybridized carbons (Fsp3) is 0.727. The molecule has 0 aromatic heterocycles. The van der Waals surface area contributed by atoms with Gasteiger partial charge >= 0.3 is 17.9 Å². The molecule has 0 aromatic carbocycles. The first kappa shape index (κ1) is 26.3. The van der Waals surface area contributed by atoms with Crippen LogP contribution >= 0.6 is 12.4 Å². The Hall–Kier alpha value is -1.34. The Bertz CT molecular complexity index is 219. The van der Waals surface area contributed by atoms with Crippen molar-refractivity contribution in [2.24, 2.45) is 0 Å². The summed E-state index contributed by atoms with van der Waals surface area (Å²) in [4.78, 5) is 27.6. The Kier molecular flexibility index (Phi) is 30.3. The summed E-state index contributed by atoms with van der Waals surface area (Å²) in [6.07, 6.45) is 4.23. The molecule has 0 aliphatic rings. The minimum atomic E-state index is -1.82. The number of halogens is 1. The SMILES string of the molecule is CCC(=O)O.CCCCCNC.Cl.O=C(O)C(=O)O. The summed E-state index contributed by atoms with van der Waals surface area (Å²) in [5, 5.41) is 25.6. The van der Waals surface area contributed by atoms with Crippen LogP contribution in [-0.4, -0.2) is 46.8 Å². The maximum atomic E-state index is 9.37. The lowest BCUT2D eigenvalue weighted by atomic mass is 10.2. The predicted molar refractivity (Wildman–Crippen MR) is 73.9 cm³/mol. The van der Waals surface area contributed by atoms with Crippen molar-refractivity contribution in [2.45, 2.75) is 39.5 Å². The molecule has 0 aromatic rings. The zero-order valence-corrected chi connectivity index (χ0v) is 12.3. The fourth-order valence-corrected chi connectivity index (χ4v) is 0.552. The second-order valence-electron chi connectivity index (χ2n) is 3.17. The van der Waals surface area contributed by atoms with Crippen molar-refractivity contribution in [3.05, 3.63) is 0 Å². The van der Waals surface area contributed by atoms with Crippen LogP contribution in [0.1, 0.15) is 39.5 Å². The normalized spacial score (nSPS) is 7.74. The van der Waals surface area contributed by atoms with Gasteiger partial charge in [-0.25, -0.2) is 9.59 Å². The molecule has 8 heteroatoms. The summed E-state index contributed by atoms with van der Waals surface area (Å²) >= 11 is 0. The van der Waals surface area contributed by atoms with E-state index in [0.29, 0.717) is 0 Å². The van der Waals surface area contributed by atoms with E-state index in [2.05, 4.69) is 12.2 Å². The molecule has 116 valence electrons. The van der Waals surface area contributed by atoms with Crippen molar-refractivity contribution in [2.75, 3.05) is 13.6 Å². The topological polar surface area (TPSA) is 124 Å². The molecule has 0 saturated heterocycles. The van der Waals surface area contributed by atoms with E-state index in [1.807, 2.05) is 7.05 Å². The standard InChI is InChI=1S/C6H15N.C3H6O2.C2H2O4.ClH/c1-3-4-5-6-7-2;1-2-3(4)5;3-1(4)2(5)6;/h7H,3-6H2,1-2H3;2H2,1H3,(H,4,5);(H,3,4)(H,5,6);1H. The molecule has 19 heavy (non-hydrogen) atoms. The van der Waals surface area contributed by atoms with Gasteiger partial charge in [-0.2, -0.15) is 0 Å². The third-order valence-electron chi connectivity index (χ3n) is 1.52. The van der Waals surface area contributed by atoms with E-state index in [4.69, 9.17) is 24.9 Å². The zero-order valence-electron chi connectivity index (χ0n) is 11.5. The molecular formula is C11H24ClNO6. The van der Waals surface area contributed by atoms with Crippen LogP contribution in [-0.2, 0) is 14.4 Å². The van der Waals surface area contributed by atoms with Crippen LogP contribution in [0, 0.1) is 0 Å². The number of carboxylic acid groups (broad SMARTS) is 3. The number of carbonyl (C=O) groups is 3. The van der Waals surface area contributed by atoms with Crippen molar-refractivity contribution >= 4 is 30.3 Å². The van der Waals surface area contributed by atoms with Gasteiger partial charge in [-0.3, -0.25) is 4.79 Å². The summed E-state index contributed by atoms with van der Waals surface area (Å²) in [5.41, 5.74) is 0. The third kappa shape index (κ3) is 47.7. The zero-order chi connectivity index (χ0) is 15.0. The molecule has 7 nitrogen and oxygen atoms in total. The van der Waals surface area contributed by atoms with Gasteiger partial charge in [0, 0.05) is 6.42 Å². The molecular weight excluding hydrogens is 278 g/mol. The van der Waals surface area contributed by atoms with Crippen LogP contribution in [0.15, 0.2) is 0 Å². The van der Waals surface area contributed by atoms with E-state index < -0.39 is 17.9 Å². The monoisotopic (exact) mass is 301 g/mol. The van der Waals surface area contributed by atoms with E-state index in [-0.39, 0.29) is 18.8 Å². The summed E-state index contributed by atoms with van der Waals surface area (Å²) < 4.78 is 0. The Morgan fingerprint density at radius 3 is 1.47 bits per heavy atom. The van der Waals surface area contributed by atoms with E-state index in [1.165, 1.54) is 25.8 Å². The number of rotatable bonds is 5. The van der Waals surface area contributed by atoms with Crippen LogP contribution in [0.5, 0.6) is 0 Å². The quantitative estimate of drug-likeness (QED) is 0.447. The van der Waals surface area contributed by atoms with Gasteiger partial charge < -0.3 is 20.6 Å². The van der Waals surface area contributed by atoms with Crippen molar-refractivity contribution in [1.29, 1.82) is 0 Å². The number of hydrogen-bond donors (Lipinski definition) is 4. The van der Waals surface area contributed by atoms with Crippen LogP contribution in [0.3, 0.4) is 0 Å². The first-order chi connectivity index (χ1) is 8.33. The van der Waals surface area contributed by atoms with E-state index in [1.54, 1.807) is 6.92 Å². The average Bonchev–Trinajstić information content (AvgIpc) is 2.31. The highest BCUT2D eigenvalue weighted by atomic mass is 35.5. The first-order valence-corrected chi connectivity index (χ1v) is 5.65. The Balaban J connectivity index is -0.0000000878. The molecule has 0 fully saturated rings. The molecule has 0 bridgehead atoms. The maximum absolute atomic E-state index is 9.37. The lowest BCUT2D eigenvalue weighted by Crippen LogP contribution is -2.09. The van der Waals surface area contributed by atoms with Crippen LogP contribution < -0.4 is 5.32 Å². The predicted octanol–water partition coefficient (Wildman–Crippen LogP) is 1.45. The largest absolute Gasteiger partial charge is 0.481 e. The van der Waals surface area contributed by atoms with Crippen molar-refractivity contribution in [3.8, 4) is 0 Å². The van der Waals surface area contributed by atoms with Gasteiger partial charge in [0.25, 0.3) is 0 Å². The third-order valence-corrected chi connectivity index (χ3v) is 1.52. The van der Waals surface area contributed by atoms with Crippen LogP contribution in [0.25, 0.3) is 0 Å². The first-order valence-electron chi connectivity index (χ1n) is 5.65. The maximum Gasteiger partial charge on any atom is 0.414 e. The summed E-state index contributed by atoms with van der Waals surface area (Å²) in [7, 11) is 2.00. The summed E-state index contributed by atoms with van der Waals surface area (Å²) in [5.74, 6) is -4.39. The highest BCUT2D eigenvalue weighted by Crippen LogP contribution is 1.89. The fourth-order valence-electron chi connectivity index (χ4n) is 0.552. The summed E-state index contributed by atoms with van der Waals surface area (Å²) in [6.45, 7) is 4.99. The number of hydrogen-bond acceptors (Lipinski definition) is 4. The minimum Gasteiger partial charge on any atom is -0.481 e. The summed E-state index contributed by atoms with van der Waals surface area (Å²) in [6, 6.07) is 0. The number of nitrogens with one attached hydrogen (secondary N) is 1. The molecule has 0 aliphatic heterocycles. The number of unbranched alkanes of at least 4 members (excludes halogenated alkanes) is 2. The van der Waals surface area contributed by atoms with Crippen LogP contribution in [0.4, 0.5) is 0 Å². The van der Waals surface area contributed by atoms with Gasteiger partial charge in [0.1, 0.15) is 0 Å². The molecule has 0 spiro atoms. The highest BCUT2D eigenvalue weighted by molar-refractivity contribution is 6.27. The molecule has 0 heterocycles. The number of aliphatic carboxylic acids is 3. The van der Waals surface area contributed by atoms with Gasteiger partial charge in [0.05, 0.1) is 0 Å². The average molecular weight is 302 g/mol. The molecule has 0 unspecified atom stereocenters. The second kappa shape index (κ2) is 21.9. The van der Waals surface area contributed by atoms with Crippen molar-refractivity contribution < 1.29 is 29.7 Å². The molecule has 0 amide bonds. The molecule has 0 rings (SSSR count). The number of carboxylic acids is 3. The molecule has 0 radical (unpaired) electrons. The lowest BCUT2D eigenvalue weighted by Gasteiger charge is -1.93. The van der Waals surface area contributed by atoms with Gasteiger partial charge in [-0.15, -0.1) is 12.4 Å². The van der Waals surface area contributed by atoms with E-state index >= 15 is 0 Å². The highest BCUT2D eigenvalue weighted by Gasteiger charge is 2.04. The molecule has 0 aliphatic carbocycles. The molecule has 0 atom stereocenters. The van der Waals surface area contributed by atoms with Gasteiger partial charge in [0.2, 0.25) is 0 Å². The minimum absolute atomic E-state index is 0. The smallest absolute Gasteiger partial charge is 0.414 e. The lowest BCUT2D eigenvalue weighted by molar-refractivity contribution is -0.159. The van der Waals surface area contributed by atoms with Gasteiger partial charge in [-0.05, 0) is 20.0 Å². The van der Waals surface area contributed by atoms with Crippen molar-refractivity contribution in [1.82, 2.24) is 5.32 Å². The molecule has 4 N–H and O–H groups in total. The van der Waals surface area contributed by atoms with Crippen LogP contribution in [0.2, 0.25) is 0 Å². The Morgan fingerprint density at radius 2 is 1.32 bits per heavy atom. The second-order valence-corrected chi connectivity index (χ2v) is 3.17. The molecule has 0 saturated carbocycles. The Morgan fingerprint density at radius 1 is 0.947 bits per heavy atom. The Labute approximate surface area is 119 Å². The van der Waals surface area contributed by atoms with E-state index in [9.17, 15) is 4.79 Å². The van der Waals surface area contributed by atoms with Gasteiger partial charge in [-0.1, -0.05) is 26.7 Å². The van der Waals surface area contributed by atoms with E-state index in [0.717, 1.165) is 0 Å². The van der Waals surface area contributed by atoms with Crippen molar-refractivity contribution in [3.63, 3.8) is 0 Å².